The molecule has 0 saturated carbocycles. The van der Waals surface area contributed by atoms with Crippen molar-refractivity contribution in [3.63, 3.8) is 0 Å². The molecule has 26 heavy (non-hydrogen) atoms. The summed E-state index contributed by atoms with van der Waals surface area (Å²) >= 11 is 0. The second-order valence-corrected chi connectivity index (χ2v) is 5.42. The Labute approximate surface area is 148 Å². The zero-order chi connectivity index (χ0) is 18.5. The molecule has 0 aliphatic rings. The van der Waals surface area contributed by atoms with Crippen LogP contribution in [0.25, 0.3) is 10.9 Å². The van der Waals surface area contributed by atoms with Crippen molar-refractivity contribution in [2.75, 3.05) is 7.11 Å². The third-order valence-electron chi connectivity index (χ3n) is 3.76. The monoisotopic (exact) mass is 358 g/mol. The van der Waals surface area contributed by atoms with Crippen molar-refractivity contribution < 1.29 is 23.0 Å². The molecule has 1 N–H and O–H groups in total. The summed E-state index contributed by atoms with van der Waals surface area (Å²) in [6.45, 7) is -2.88. The van der Waals surface area contributed by atoms with E-state index in [0.29, 0.717) is 16.8 Å². The number of carbonyl (C=O) groups excluding carboxylic acids is 1. The van der Waals surface area contributed by atoms with Crippen LogP contribution in [0.2, 0.25) is 0 Å². The molecule has 3 rings (SSSR count). The first-order chi connectivity index (χ1) is 12.6. The molecule has 0 bridgehead atoms. The van der Waals surface area contributed by atoms with E-state index in [1.54, 1.807) is 49.6 Å². The number of methoxy groups -OCH3 is 1. The number of alkyl halides is 2. The number of para-hydroxylation sites is 1. The van der Waals surface area contributed by atoms with Gasteiger partial charge in [0, 0.05) is 17.5 Å². The van der Waals surface area contributed by atoms with Crippen LogP contribution in [0.4, 0.5) is 8.78 Å². The van der Waals surface area contributed by atoms with Crippen LogP contribution in [-0.4, -0.2) is 24.6 Å². The number of nitrogens with zero attached hydrogens (tertiary/aromatic N) is 1. The van der Waals surface area contributed by atoms with Crippen LogP contribution in [0.5, 0.6) is 11.5 Å². The number of hydrogen-bond acceptors (Lipinski definition) is 4. The lowest BCUT2D eigenvalue weighted by molar-refractivity contribution is -0.0504. The van der Waals surface area contributed by atoms with E-state index in [0.717, 1.165) is 5.39 Å². The van der Waals surface area contributed by atoms with Crippen molar-refractivity contribution in [3.8, 4) is 11.5 Å². The Morgan fingerprint density at radius 2 is 1.96 bits per heavy atom. The highest BCUT2D eigenvalue weighted by atomic mass is 19.3. The van der Waals surface area contributed by atoms with Gasteiger partial charge in [-0.25, -0.2) is 4.98 Å². The number of aromatic nitrogens is 1. The second-order valence-electron chi connectivity index (χ2n) is 5.42. The lowest BCUT2D eigenvalue weighted by atomic mass is 10.1. The first-order valence-corrected chi connectivity index (χ1v) is 7.82. The molecule has 134 valence electrons. The fourth-order valence-corrected chi connectivity index (χ4v) is 2.48. The third-order valence-corrected chi connectivity index (χ3v) is 3.76. The Bertz CT molecular complexity index is 932. The average molecular weight is 358 g/mol. The number of amides is 1. The van der Waals surface area contributed by atoms with E-state index < -0.39 is 12.5 Å². The maximum atomic E-state index is 12.4. The van der Waals surface area contributed by atoms with Crippen molar-refractivity contribution in [1.29, 1.82) is 0 Å². The average Bonchev–Trinajstić information content (AvgIpc) is 2.65. The minimum atomic E-state index is -2.93. The molecule has 7 heteroatoms. The molecule has 2 aromatic carbocycles. The molecule has 0 unspecified atom stereocenters. The number of carbonyl (C=O) groups is 1. The normalized spacial score (nSPS) is 10.8. The molecule has 0 radical (unpaired) electrons. The standard InChI is InChI=1S/C19H16F2N2O3/c1-25-14-7-9-15-12(10-14)6-8-16(23-15)18(24)22-11-13-4-2-3-5-17(13)26-19(20)21/h2-10,19H,11H2,1H3,(H,22,24). The summed E-state index contributed by atoms with van der Waals surface area (Å²) in [5, 5.41) is 3.51. The number of hydrogen-bond donors (Lipinski definition) is 1. The number of pyridine rings is 1. The van der Waals surface area contributed by atoms with Crippen LogP contribution in [0.15, 0.2) is 54.6 Å². The SMILES string of the molecule is COc1ccc2nc(C(=O)NCc3ccccc3OC(F)F)ccc2c1. The van der Waals surface area contributed by atoms with Crippen molar-refractivity contribution in [2.45, 2.75) is 13.2 Å². The molecular weight excluding hydrogens is 342 g/mol. The predicted molar refractivity (Wildman–Crippen MR) is 92.5 cm³/mol. The van der Waals surface area contributed by atoms with E-state index in [1.807, 2.05) is 6.07 Å². The Kier molecular flexibility index (Phi) is 5.26. The number of fused-ring (bicyclic) bond motifs is 1. The number of halogens is 2. The smallest absolute Gasteiger partial charge is 0.387 e. The van der Waals surface area contributed by atoms with Crippen LogP contribution < -0.4 is 14.8 Å². The van der Waals surface area contributed by atoms with Gasteiger partial charge in [0.2, 0.25) is 0 Å². The van der Waals surface area contributed by atoms with Gasteiger partial charge in [-0.05, 0) is 30.3 Å². The van der Waals surface area contributed by atoms with Crippen molar-refractivity contribution >= 4 is 16.8 Å². The molecule has 0 aliphatic carbocycles. The van der Waals surface area contributed by atoms with Crippen LogP contribution in [0.3, 0.4) is 0 Å². The summed E-state index contributed by atoms with van der Waals surface area (Å²) in [5.41, 5.74) is 1.33. The fraction of sp³-hybridized carbons (Fsp3) is 0.158. The van der Waals surface area contributed by atoms with E-state index in [2.05, 4.69) is 15.0 Å². The zero-order valence-electron chi connectivity index (χ0n) is 13.9. The quantitative estimate of drug-likeness (QED) is 0.729. The first kappa shape index (κ1) is 17.6. The highest BCUT2D eigenvalue weighted by molar-refractivity contribution is 5.95. The summed E-state index contributed by atoms with van der Waals surface area (Å²) in [5.74, 6) is 0.322. The summed E-state index contributed by atoms with van der Waals surface area (Å²) in [6.07, 6.45) is 0. The summed E-state index contributed by atoms with van der Waals surface area (Å²) in [4.78, 5) is 16.6. The first-order valence-electron chi connectivity index (χ1n) is 7.82. The number of nitrogens with one attached hydrogen (secondary N) is 1. The van der Waals surface area contributed by atoms with E-state index in [1.165, 1.54) is 6.07 Å². The topological polar surface area (TPSA) is 60.5 Å². The molecule has 0 saturated heterocycles. The Morgan fingerprint density at radius 1 is 1.15 bits per heavy atom. The summed E-state index contributed by atoms with van der Waals surface area (Å²) in [7, 11) is 1.58. The van der Waals surface area contributed by atoms with Crippen LogP contribution in [0, 0.1) is 0 Å². The van der Waals surface area contributed by atoms with Crippen LogP contribution in [-0.2, 0) is 6.54 Å². The summed E-state index contributed by atoms with van der Waals surface area (Å²) < 4.78 is 34.5. The maximum Gasteiger partial charge on any atom is 0.387 e. The Morgan fingerprint density at radius 3 is 2.73 bits per heavy atom. The number of ether oxygens (including phenoxy) is 2. The molecule has 5 nitrogen and oxygen atoms in total. The Balaban J connectivity index is 1.73. The van der Waals surface area contributed by atoms with Gasteiger partial charge in [-0.2, -0.15) is 8.78 Å². The number of benzene rings is 2. The van der Waals surface area contributed by atoms with E-state index in [-0.39, 0.29) is 18.0 Å². The molecular formula is C19H16F2N2O3. The van der Waals surface area contributed by atoms with Gasteiger partial charge >= 0.3 is 6.61 Å². The minimum Gasteiger partial charge on any atom is -0.497 e. The lowest BCUT2D eigenvalue weighted by Gasteiger charge is -2.11. The van der Waals surface area contributed by atoms with Gasteiger partial charge in [-0.15, -0.1) is 0 Å². The van der Waals surface area contributed by atoms with Crippen molar-refractivity contribution in [1.82, 2.24) is 10.3 Å². The largest absolute Gasteiger partial charge is 0.497 e. The van der Waals surface area contributed by atoms with Gasteiger partial charge in [0.15, 0.2) is 0 Å². The van der Waals surface area contributed by atoms with Gasteiger partial charge in [0.05, 0.1) is 12.6 Å². The molecule has 0 aliphatic heterocycles. The van der Waals surface area contributed by atoms with E-state index >= 15 is 0 Å². The highest BCUT2D eigenvalue weighted by Gasteiger charge is 2.12. The molecule has 0 atom stereocenters. The number of rotatable bonds is 6. The highest BCUT2D eigenvalue weighted by Crippen LogP contribution is 2.21. The van der Waals surface area contributed by atoms with Gasteiger partial charge in [-0.1, -0.05) is 24.3 Å². The maximum absolute atomic E-state index is 12.4. The zero-order valence-corrected chi connectivity index (χ0v) is 13.9. The fourth-order valence-electron chi connectivity index (χ4n) is 2.48. The van der Waals surface area contributed by atoms with Gasteiger partial charge in [-0.3, -0.25) is 4.79 Å². The van der Waals surface area contributed by atoms with Gasteiger partial charge < -0.3 is 14.8 Å². The molecule has 0 fully saturated rings. The molecule has 1 amide bonds. The van der Waals surface area contributed by atoms with E-state index in [4.69, 9.17) is 4.74 Å². The van der Waals surface area contributed by atoms with Gasteiger partial charge in [0.25, 0.3) is 5.91 Å². The van der Waals surface area contributed by atoms with E-state index in [9.17, 15) is 13.6 Å². The Hall–Kier alpha value is -3.22. The molecule has 1 heterocycles. The molecule has 0 spiro atoms. The molecule has 1 aromatic heterocycles. The third kappa shape index (κ3) is 4.05. The van der Waals surface area contributed by atoms with Crippen LogP contribution >= 0.6 is 0 Å². The van der Waals surface area contributed by atoms with Gasteiger partial charge in [0.1, 0.15) is 17.2 Å². The lowest BCUT2D eigenvalue weighted by Crippen LogP contribution is -2.24. The second kappa shape index (κ2) is 7.77. The molecule has 3 aromatic rings. The predicted octanol–water partition coefficient (Wildman–Crippen LogP) is 3.77. The van der Waals surface area contributed by atoms with Crippen molar-refractivity contribution in [2.24, 2.45) is 0 Å². The van der Waals surface area contributed by atoms with Crippen molar-refractivity contribution in [3.05, 3.63) is 65.9 Å². The summed E-state index contributed by atoms with van der Waals surface area (Å²) in [6, 6.07) is 15.0. The minimum absolute atomic E-state index is 0.0290. The van der Waals surface area contributed by atoms with Crippen LogP contribution in [0.1, 0.15) is 16.1 Å².